The first-order valence-electron chi connectivity index (χ1n) is 10.3. The van der Waals surface area contributed by atoms with Gasteiger partial charge in [0, 0.05) is 30.3 Å². The summed E-state index contributed by atoms with van der Waals surface area (Å²) < 4.78 is 0. The van der Waals surface area contributed by atoms with Gasteiger partial charge in [-0.15, -0.1) is 0 Å². The predicted molar refractivity (Wildman–Crippen MR) is 119 cm³/mol. The minimum atomic E-state index is -0.903. The molecule has 1 aromatic heterocycles. The second-order valence-electron chi connectivity index (χ2n) is 8.84. The fraction of sp³-hybridized carbons (Fsp3) is 0.522. The summed E-state index contributed by atoms with van der Waals surface area (Å²) in [6.07, 6.45) is 6.34. The van der Waals surface area contributed by atoms with Crippen LogP contribution in [-0.2, 0) is 11.2 Å². The van der Waals surface area contributed by atoms with E-state index in [1.54, 1.807) is 30.0 Å². The van der Waals surface area contributed by atoms with Crippen LogP contribution >= 0.6 is 11.8 Å². The Bertz CT molecular complexity index is 857. The number of benzene rings is 1. The molecule has 0 spiro atoms. The molecule has 1 heterocycles. The molecular weight excluding hydrogens is 382 g/mol. The van der Waals surface area contributed by atoms with Gasteiger partial charge in [-0.1, -0.05) is 63.9 Å². The Morgan fingerprint density at radius 1 is 1.17 bits per heavy atom. The Kier molecular flexibility index (Phi) is 6.83. The largest absolute Gasteiger partial charge is 0.478 e. The lowest BCUT2D eigenvalue weighted by atomic mass is 9.91. The monoisotopic (exact) mass is 413 g/mol. The Morgan fingerprint density at radius 2 is 1.90 bits per heavy atom. The maximum absolute atomic E-state index is 11.2. The third kappa shape index (κ3) is 5.72. The summed E-state index contributed by atoms with van der Waals surface area (Å²) in [5.74, 6) is 0.722. The van der Waals surface area contributed by atoms with E-state index < -0.39 is 5.97 Å². The molecule has 0 unspecified atom stereocenters. The Hall–Kier alpha value is -2.08. The SMILES string of the molecule is CN(c1cc(C(C)(C)C)nc(SCc2cccc(C(=O)O)c2)n1)C1CCCCC1. The molecule has 0 aliphatic heterocycles. The quantitative estimate of drug-likeness (QED) is 0.496. The molecule has 1 aliphatic rings. The third-order valence-electron chi connectivity index (χ3n) is 5.49. The highest BCUT2D eigenvalue weighted by molar-refractivity contribution is 7.98. The lowest BCUT2D eigenvalue weighted by molar-refractivity contribution is 0.0696. The molecule has 3 rings (SSSR count). The van der Waals surface area contributed by atoms with Gasteiger partial charge in [0.1, 0.15) is 5.82 Å². The van der Waals surface area contributed by atoms with Gasteiger partial charge < -0.3 is 10.0 Å². The third-order valence-corrected chi connectivity index (χ3v) is 6.40. The molecule has 5 nitrogen and oxygen atoms in total. The maximum atomic E-state index is 11.2. The second kappa shape index (κ2) is 9.16. The van der Waals surface area contributed by atoms with E-state index in [4.69, 9.17) is 9.97 Å². The topological polar surface area (TPSA) is 66.3 Å². The smallest absolute Gasteiger partial charge is 0.335 e. The molecule has 6 heteroatoms. The minimum Gasteiger partial charge on any atom is -0.478 e. The highest BCUT2D eigenvalue weighted by atomic mass is 32.2. The van der Waals surface area contributed by atoms with E-state index in [1.807, 2.05) is 6.07 Å². The number of aromatic carboxylic acids is 1. The number of aromatic nitrogens is 2. The summed E-state index contributed by atoms with van der Waals surface area (Å²) in [6.45, 7) is 6.51. The summed E-state index contributed by atoms with van der Waals surface area (Å²) in [7, 11) is 2.15. The fourth-order valence-corrected chi connectivity index (χ4v) is 4.44. The molecule has 1 saturated carbocycles. The zero-order valence-electron chi connectivity index (χ0n) is 17.8. The average molecular weight is 414 g/mol. The van der Waals surface area contributed by atoms with Gasteiger partial charge in [-0.25, -0.2) is 14.8 Å². The summed E-state index contributed by atoms with van der Waals surface area (Å²) in [5, 5.41) is 9.95. The van der Waals surface area contributed by atoms with Crippen molar-refractivity contribution in [2.75, 3.05) is 11.9 Å². The molecule has 0 amide bonds. The Labute approximate surface area is 178 Å². The lowest BCUT2D eigenvalue weighted by Gasteiger charge is -2.33. The molecule has 1 N–H and O–H groups in total. The van der Waals surface area contributed by atoms with Crippen molar-refractivity contribution in [2.45, 2.75) is 75.2 Å². The van der Waals surface area contributed by atoms with E-state index in [0.29, 0.717) is 17.4 Å². The number of anilines is 1. The molecule has 2 aromatic rings. The summed E-state index contributed by atoms with van der Waals surface area (Å²) in [4.78, 5) is 23.2. The van der Waals surface area contributed by atoms with Crippen LogP contribution in [-0.4, -0.2) is 34.1 Å². The van der Waals surface area contributed by atoms with Gasteiger partial charge in [-0.2, -0.15) is 0 Å². The first kappa shape index (κ1) is 21.6. The predicted octanol–water partition coefficient (Wildman–Crippen LogP) is 5.53. The molecule has 156 valence electrons. The van der Waals surface area contributed by atoms with Gasteiger partial charge in [0.15, 0.2) is 5.16 Å². The van der Waals surface area contributed by atoms with E-state index >= 15 is 0 Å². The summed E-state index contributed by atoms with van der Waals surface area (Å²) in [6, 6.07) is 9.74. The molecule has 29 heavy (non-hydrogen) atoms. The molecule has 1 aliphatic carbocycles. The van der Waals surface area contributed by atoms with Crippen LogP contribution in [0.25, 0.3) is 0 Å². The first-order chi connectivity index (χ1) is 13.7. The van der Waals surface area contributed by atoms with Crippen LogP contribution in [0.3, 0.4) is 0 Å². The number of hydrogen-bond donors (Lipinski definition) is 1. The standard InChI is InChI=1S/C23H31N3O2S/c1-23(2,3)19-14-20(26(4)18-11-6-5-7-12-18)25-22(24-19)29-15-16-9-8-10-17(13-16)21(27)28/h8-10,13-14,18H,5-7,11-12,15H2,1-4H3,(H,27,28). The van der Waals surface area contributed by atoms with Crippen LogP contribution < -0.4 is 4.90 Å². The van der Waals surface area contributed by atoms with Gasteiger partial charge in [-0.05, 0) is 30.5 Å². The van der Waals surface area contributed by atoms with Crippen LogP contribution in [0.5, 0.6) is 0 Å². The molecule has 1 fully saturated rings. The van der Waals surface area contributed by atoms with Crippen LogP contribution in [0.1, 0.15) is 74.5 Å². The Morgan fingerprint density at radius 3 is 2.55 bits per heavy atom. The number of rotatable bonds is 6. The van der Waals surface area contributed by atoms with E-state index in [-0.39, 0.29) is 5.41 Å². The average Bonchev–Trinajstić information content (AvgIpc) is 2.71. The molecule has 0 radical (unpaired) electrons. The number of carboxylic acid groups (broad SMARTS) is 1. The maximum Gasteiger partial charge on any atom is 0.335 e. The van der Waals surface area contributed by atoms with Crippen LogP contribution in [0.4, 0.5) is 5.82 Å². The van der Waals surface area contributed by atoms with Crippen molar-refractivity contribution in [1.29, 1.82) is 0 Å². The molecule has 0 bridgehead atoms. The number of hydrogen-bond acceptors (Lipinski definition) is 5. The fourth-order valence-electron chi connectivity index (χ4n) is 3.64. The van der Waals surface area contributed by atoms with Gasteiger partial charge in [-0.3, -0.25) is 0 Å². The van der Waals surface area contributed by atoms with E-state index in [1.165, 1.54) is 32.1 Å². The number of carboxylic acids is 1. The van der Waals surface area contributed by atoms with Crippen LogP contribution in [0.2, 0.25) is 0 Å². The highest BCUT2D eigenvalue weighted by Gasteiger charge is 2.23. The number of thioether (sulfide) groups is 1. The number of nitrogens with zero attached hydrogens (tertiary/aromatic N) is 3. The van der Waals surface area contributed by atoms with E-state index in [0.717, 1.165) is 22.2 Å². The van der Waals surface area contributed by atoms with Crippen molar-refractivity contribution >= 4 is 23.5 Å². The number of carbonyl (C=O) groups is 1. The highest BCUT2D eigenvalue weighted by Crippen LogP contribution is 2.31. The van der Waals surface area contributed by atoms with Gasteiger partial charge in [0.05, 0.1) is 11.3 Å². The van der Waals surface area contributed by atoms with Crippen molar-refractivity contribution in [3.05, 3.63) is 47.2 Å². The zero-order valence-corrected chi connectivity index (χ0v) is 18.6. The normalized spacial score (nSPS) is 15.3. The minimum absolute atomic E-state index is 0.0658. The molecule has 0 saturated heterocycles. The van der Waals surface area contributed by atoms with Gasteiger partial charge in [0.2, 0.25) is 0 Å². The van der Waals surface area contributed by atoms with Gasteiger partial charge >= 0.3 is 5.97 Å². The van der Waals surface area contributed by atoms with E-state index in [2.05, 4.69) is 38.8 Å². The molecule has 1 aromatic carbocycles. The Balaban J connectivity index is 1.83. The molecule has 0 atom stereocenters. The van der Waals surface area contributed by atoms with E-state index in [9.17, 15) is 9.90 Å². The molecular formula is C23H31N3O2S. The summed E-state index contributed by atoms with van der Waals surface area (Å²) >= 11 is 1.56. The lowest BCUT2D eigenvalue weighted by Crippen LogP contribution is -2.34. The van der Waals surface area contributed by atoms with Crippen LogP contribution in [0.15, 0.2) is 35.5 Å². The van der Waals surface area contributed by atoms with Crippen molar-refractivity contribution in [3.63, 3.8) is 0 Å². The first-order valence-corrected chi connectivity index (χ1v) is 11.3. The zero-order chi connectivity index (χ0) is 21.0. The van der Waals surface area contributed by atoms with Crippen molar-refractivity contribution < 1.29 is 9.90 Å². The van der Waals surface area contributed by atoms with Crippen LogP contribution in [0, 0.1) is 0 Å². The van der Waals surface area contributed by atoms with Gasteiger partial charge in [0.25, 0.3) is 0 Å². The van der Waals surface area contributed by atoms with Crippen molar-refractivity contribution in [3.8, 4) is 0 Å². The van der Waals surface area contributed by atoms with Crippen molar-refractivity contribution in [2.24, 2.45) is 0 Å². The summed E-state index contributed by atoms with van der Waals surface area (Å²) in [5.41, 5.74) is 2.24. The second-order valence-corrected chi connectivity index (χ2v) is 9.78. The van der Waals surface area contributed by atoms with Crippen molar-refractivity contribution in [1.82, 2.24) is 9.97 Å².